The molecule has 1 aromatic carbocycles. The zero-order chi connectivity index (χ0) is 15.1. The average Bonchev–Trinajstić information content (AvgIpc) is 2.99. The zero-order valence-corrected chi connectivity index (χ0v) is 14.4. The SMILES string of the molecule is CCCOc1c(Br)cc(CNOC2CCCC2)cc1OC. The van der Waals surface area contributed by atoms with Crippen LogP contribution in [-0.2, 0) is 11.4 Å². The van der Waals surface area contributed by atoms with Gasteiger partial charge in [-0.2, -0.15) is 5.48 Å². The molecule has 0 amide bonds. The van der Waals surface area contributed by atoms with Crippen LogP contribution in [0.5, 0.6) is 11.5 Å². The number of hydrogen-bond acceptors (Lipinski definition) is 4. The van der Waals surface area contributed by atoms with Crippen molar-refractivity contribution in [1.82, 2.24) is 5.48 Å². The monoisotopic (exact) mass is 357 g/mol. The van der Waals surface area contributed by atoms with Crippen LogP contribution in [0.25, 0.3) is 0 Å². The quantitative estimate of drug-likeness (QED) is 0.707. The Hall–Kier alpha value is -0.780. The topological polar surface area (TPSA) is 39.7 Å². The number of halogens is 1. The van der Waals surface area contributed by atoms with Gasteiger partial charge < -0.3 is 9.47 Å². The third-order valence-electron chi connectivity index (χ3n) is 3.57. The van der Waals surface area contributed by atoms with Crippen molar-refractivity contribution in [2.75, 3.05) is 13.7 Å². The molecule has 0 atom stereocenters. The van der Waals surface area contributed by atoms with Gasteiger partial charge in [-0.15, -0.1) is 0 Å². The zero-order valence-electron chi connectivity index (χ0n) is 12.8. The summed E-state index contributed by atoms with van der Waals surface area (Å²) in [4.78, 5) is 5.68. The first kappa shape index (κ1) is 16.6. The van der Waals surface area contributed by atoms with E-state index in [9.17, 15) is 0 Å². The van der Waals surface area contributed by atoms with E-state index in [1.807, 2.05) is 12.1 Å². The number of ether oxygens (including phenoxy) is 2. The standard InChI is InChI=1S/C16H24BrNO3/c1-3-8-20-16-14(17)9-12(10-15(16)19-2)11-18-21-13-6-4-5-7-13/h9-10,13,18H,3-8,11H2,1-2H3. The molecular weight excluding hydrogens is 334 g/mol. The number of hydrogen-bond donors (Lipinski definition) is 1. The van der Waals surface area contributed by atoms with E-state index >= 15 is 0 Å². The predicted octanol–water partition coefficient (Wildman–Crippen LogP) is 4.21. The molecule has 0 radical (unpaired) electrons. The van der Waals surface area contributed by atoms with Gasteiger partial charge in [-0.1, -0.05) is 19.8 Å². The Balaban J connectivity index is 1.94. The highest BCUT2D eigenvalue weighted by atomic mass is 79.9. The molecule has 0 aliphatic heterocycles. The lowest BCUT2D eigenvalue weighted by atomic mass is 10.2. The fraction of sp³-hybridized carbons (Fsp3) is 0.625. The normalized spacial score (nSPS) is 15.4. The largest absolute Gasteiger partial charge is 0.493 e. The lowest BCUT2D eigenvalue weighted by Crippen LogP contribution is -2.21. The van der Waals surface area contributed by atoms with Gasteiger partial charge in [-0.3, -0.25) is 4.84 Å². The Bertz CT molecular complexity index is 447. The van der Waals surface area contributed by atoms with Gasteiger partial charge in [0.25, 0.3) is 0 Å². The van der Waals surface area contributed by atoms with Gasteiger partial charge >= 0.3 is 0 Å². The molecule has 118 valence electrons. The minimum Gasteiger partial charge on any atom is -0.493 e. The highest BCUT2D eigenvalue weighted by Crippen LogP contribution is 2.36. The second-order valence-corrected chi connectivity index (χ2v) is 6.16. The van der Waals surface area contributed by atoms with Gasteiger partial charge in [-0.25, -0.2) is 0 Å². The molecule has 2 rings (SSSR count). The number of hydroxylamine groups is 1. The molecule has 21 heavy (non-hydrogen) atoms. The summed E-state index contributed by atoms with van der Waals surface area (Å²) >= 11 is 3.55. The van der Waals surface area contributed by atoms with Crippen LogP contribution in [0.1, 0.15) is 44.6 Å². The average molecular weight is 358 g/mol. The van der Waals surface area contributed by atoms with Crippen LogP contribution in [0.4, 0.5) is 0 Å². The Morgan fingerprint density at radius 1 is 1.29 bits per heavy atom. The number of rotatable bonds is 8. The summed E-state index contributed by atoms with van der Waals surface area (Å²) in [5.41, 5.74) is 4.17. The highest BCUT2D eigenvalue weighted by molar-refractivity contribution is 9.10. The Kier molecular flexibility index (Phi) is 6.80. The summed E-state index contributed by atoms with van der Waals surface area (Å²) < 4.78 is 12.1. The Morgan fingerprint density at radius 3 is 2.71 bits per heavy atom. The lowest BCUT2D eigenvalue weighted by Gasteiger charge is -2.15. The highest BCUT2D eigenvalue weighted by Gasteiger charge is 2.16. The molecule has 4 nitrogen and oxygen atoms in total. The van der Waals surface area contributed by atoms with Gasteiger partial charge in [0.05, 0.1) is 24.3 Å². The smallest absolute Gasteiger partial charge is 0.175 e. The van der Waals surface area contributed by atoms with E-state index in [0.29, 0.717) is 19.3 Å². The molecule has 0 spiro atoms. The van der Waals surface area contributed by atoms with Gasteiger partial charge in [0, 0.05) is 6.54 Å². The summed E-state index contributed by atoms with van der Waals surface area (Å²) in [5.74, 6) is 1.51. The molecule has 1 saturated carbocycles. The van der Waals surface area contributed by atoms with Gasteiger partial charge in [0.15, 0.2) is 11.5 Å². The van der Waals surface area contributed by atoms with Crippen LogP contribution in [0, 0.1) is 0 Å². The van der Waals surface area contributed by atoms with Crippen LogP contribution in [-0.4, -0.2) is 19.8 Å². The van der Waals surface area contributed by atoms with Crippen molar-refractivity contribution in [2.45, 2.75) is 51.7 Å². The van der Waals surface area contributed by atoms with E-state index in [1.54, 1.807) is 7.11 Å². The third kappa shape index (κ3) is 4.87. The maximum absolute atomic E-state index is 5.73. The summed E-state index contributed by atoms with van der Waals surface area (Å²) in [6, 6.07) is 4.03. The van der Waals surface area contributed by atoms with Crippen molar-refractivity contribution in [3.05, 3.63) is 22.2 Å². The van der Waals surface area contributed by atoms with E-state index in [4.69, 9.17) is 14.3 Å². The van der Waals surface area contributed by atoms with Crippen LogP contribution < -0.4 is 15.0 Å². The first-order valence-corrected chi connectivity index (χ1v) is 8.41. The summed E-state index contributed by atoms with van der Waals surface area (Å²) in [5, 5.41) is 0. The molecule has 1 fully saturated rings. The van der Waals surface area contributed by atoms with Crippen molar-refractivity contribution < 1.29 is 14.3 Å². The molecule has 1 N–H and O–H groups in total. The van der Waals surface area contributed by atoms with Crippen molar-refractivity contribution in [2.24, 2.45) is 0 Å². The number of benzene rings is 1. The predicted molar refractivity (Wildman–Crippen MR) is 86.7 cm³/mol. The molecule has 1 aromatic rings. The van der Waals surface area contributed by atoms with Crippen LogP contribution in [0.2, 0.25) is 0 Å². The second kappa shape index (κ2) is 8.61. The van der Waals surface area contributed by atoms with Crippen LogP contribution in [0.15, 0.2) is 16.6 Å². The molecule has 0 unspecified atom stereocenters. The first-order chi connectivity index (χ1) is 10.2. The summed E-state index contributed by atoms with van der Waals surface area (Å²) in [7, 11) is 1.66. The fourth-order valence-electron chi connectivity index (χ4n) is 2.47. The first-order valence-electron chi connectivity index (χ1n) is 7.62. The molecule has 0 aromatic heterocycles. The Labute approximate surface area is 135 Å². The van der Waals surface area contributed by atoms with Crippen molar-refractivity contribution in [1.29, 1.82) is 0 Å². The molecule has 5 heteroatoms. The molecule has 0 saturated heterocycles. The maximum Gasteiger partial charge on any atom is 0.175 e. The second-order valence-electron chi connectivity index (χ2n) is 5.30. The molecular formula is C16H24BrNO3. The lowest BCUT2D eigenvalue weighted by molar-refractivity contribution is -0.0244. The van der Waals surface area contributed by atoms with Crippen LogP contribution >= 0.6 is 15.9 Å². The maximum atomic E-state index is 5.73. The summed E-state index contributed by atoms with van der Waals surface area (Å²) in [6.45, 7) is 3.41. The van der Waals surface area contributed by atoms with Crippen LogP contribution in [0.3, 0.4) is 0 Å². The molecule has 1 aliphatic rings. The van der Waals surface area contributed by atoms with Gasteiger partial charge in [0.2, 0.25) is 0 Å². The number of methoxy groups -OCH3 is 1. The van der Waals surface area contributed by atoms with E-state index < -0.39 is 0 Å². The minimum atomic E-state index is 0.363. The van der Waals surface area contributed by atoms with Gasteiger partial charge in [0.1, 0.15) is 0 Å². The van der Waals surface area contributed by atoms with Crippen molar-refractivity contribution in [3.63, 3.8) is 0 Å². The number of nitrogens with one attached hydrogen (secondary N) is 1. The summed E-state index contributed by atoms with van der Waals surface area (Å²) in [6.07, 6.45) is 6.19. The molecule has 1 aliphatic carbocycles. The molecule has 0 bridgehead atoms. The molecule has 0 heterocycles. The van der Waals surface area contributed by atoms with E-state index in [0.717, 1.165) is 40.8 Å². The third-order valence-corrected chi connectivity index (χ3v) is 4.16. The van der Waals surface area contributed by atoms with E-state index in [1.165, 1.54) is 12.8 Å². The van der Waals surface area contributed by atoms with E-state index in [-0.39, 0.29) is 0 Å². The minimum absolute atomic E-state index is 0.363. The Morgan fingerprint density at radius 2 is 2.05 bits per heavy atom. The van der Waals surface area contributed by atoms with Gasteiger partial charge in [-0.05, 0) is 52.9 Å². The van der Waals surface area contributed by atoms with Crippen molar-refractivity contribution in [3.8, 4) is 11.5 Å². The fourth-order valence-corrected chi connectivity index (χ4v) is 3.07. The van der Waals surface area contributed by atoms with Crippen molar-refractivity contribution >= 4 is 15.9 Å². The van der Waals surface area contributed by atoms with E-state index in [2.05, 4.69) is 28.3 Å².